The van der Waals surface area contributed by atoms with Crippen LogP contribution in [0, 0.1) is 0 Å². The molecule has 2 aliphatic heterocycles. The molecule has 0 bridgehead atoms. The third-order valence-electron chi connectivity index (χ3n) is 6.89. The predicted octanol–water partition coefficient (Wildman–Crippen LogP) is 2.67. The van der Waals surface area contributed by atoms with Gasteiger partial charge in [-0.2, -0.15) is 0 Å². The lowest BCUT2D eigenvalue weighted by molar-refractivity contribution is -0.166. The molecule has 0 saturated carbocycles. The van der Waals surface area contributed by atoms with Gasteiger partial charge in [0.05, 0.1) is 0 Å². The van der Waals surface area contributed by atoms with Crippen molar-refractivity contribution in [1.82, 2.24) is 9.88 Å². The molecule has 2 saturated heterocycles. The summed E-state index contributed by atoms with van der Waals surface area (Å²) < 4.78 is 31.7. The molecular weight excluding hydrogens is 488 g/mol. The number of ether oxygens (including phenoxy) is 1. The van der Waals surface area contributed by atoms with Gasteiger partial charge in [0.15, 0.2) is 27.4 Å². The van der Waals surface area contributed by atoms with E-state index in [0.717, 1.165) is 4.90 Å². The van der Waals surface area contributed by atoms with E-state index in [1.807, 2.05) is 60.7 Å². The molecule has 8 nitrogen and oxygen atoms in total. The molecule has 182 valence electrons. The van der Waals surface area contributed by atoms with Gasteiger partial charge in [-0.1, -0.05) is 60.7 Å². The molecule has 5 rings (SSSR count). The smallest absolute Gasteiger partial charge is 0.331 e. The number of hydrogen-bond acceptors (Lipinski definition) is 8. The second-order valence-corrected chi connectivity index (χ2v) is 12.3. The number of thiazole rings is 1. The Balaban J connectivity index is 1.54. The summed E-state index contributed by atoms with van der Waals surface area (Å²) in [5, 5.41) is 10.6. The first kappa shape index (κ1) is 23.7. The monoisotopic (exact) mass is 512 g/mol. The minimum Gasteiger partial charge on any atom is -0.451 e. The molecule has 0 aliphatic carbocycles. The van der Waals surface area contributed by atoms with Crippen molar-refractivity contribution in [3.05, 3.63) is 88.4 Å². The molecule has 10 heteroatoms. The molecule has 1 N–H and O–H groups in total. The second kappa shape index (κ2) is 8.85. The maximum atomic E-state index is 13.7. The molecule has 0 radical (unpaired) electrons. The topological polar surface area (TPSA) is 114 Å². The second-order valence-electron chi connectivity index (χ2n) is 8.86. The Bertz CT molecular complexity index is 1290. The normalized spacial score (nSPS) is 26.9. The zero-order valence-corrected chi connectivity index (χ0v) is 20.5. The first-order chi connectivity index (χ1) is 16.8. The van der Waals surface area contributed by atoms with Crippen LogP contribution < -0.4 is 0 Å². The molecule has 2 fully saturated rings. The Morgan fingerprint density at radius 1 is 1.14 bits per heavy atom. The first-order valence-electron chi connectivity index (χ1n) is 11.2. The Morgan fingerprint density at radius 2 is 1.74 bits per heavy atom. The summed E-state index contributed by atoms with van der Waals surface area (Å²) in [7, 11) is -4.05. The first-order valence-corrected chi connectivity index (χ1v) is 13.6. The van der Waals surface area contributed by atoms with E-state index in [1.54, 1.807) is 5.38 Å². The standard InChI is InChI=1S/C25H24N2O6S2/c1-25(12-14-28)20(27-22(29)18(21-26-13-15-34-21)23(27)35(25,31)32)24(30)33-19(16-8-4-2-5-9-16)17-10-6-3-7-11-17/h2-11,13,15,18-20,23,28H,12,14H2,1H3/t18?,20-,23+,25?/m0/s1. The lowest BCUT2D eigenvalue weighted by Crippen LogP contribution is -2.62. The molecule has 2 aliphatic rings. The number of amides is 1. The molecule has 3 aromatic rings. The van der Waals surface area contributed by atoms with E-state index < -0.39 is 56.5 Å². The maximum absolute atomic E-state index is 13.7. The molecule has 1 amide bonds. The summed E-state index contributed by atoms with van der Waals surface area (Å²) in [5.74, 6) is -2.27. The minimum absolute atomic E-state index is 0.207. The number of aliphatic hydroxyl groups excluding tert-OH is 1. The van der Waals surface area contributed by atoms with Crippen LogP contribution in [0.5, 0.6) is 0 Å². The maximum Gasteiger partial charge on any atom is 0.331 e. The summed E-state index contributed by atoms with van der Waals surface area (Å²) in [6, 6.07) is 16.9. The number of rotatable bonds is 7. The van der Waals surface area contributed by atoms with Gasteiger partial charge in [-0.05, 0) is 24.5 Å². The average Bonchev–Trinajstić information content (AvgIpc) is 3.43. The fourth-order valence-corrected chi connectivity index (χ4v) is 8.48. The van der Waals surface area contributed by atoms with Crippen molar-refractivity contribution in [3.8, 4) is 0 Å². The van der Waals surface area contributed by atoms with Crippen molar-refractivity contribution < 1.29 is 27.9 Å². The Labute approximate surface area is 207 Å². The number of nitrogens with zero attached hydrogens (tertiary/aromatic N) is 2. The predicted molar refractivity (Wildman–Crippen MR) is 129 cm³/mol. The highest BCUT2D eigenvalue weighted by atomic mass is 32.2. The highest BCUT2D eigenvalue weighted by Crippen LogP contribution is 2.54. The summed E-state index contributed by atoms with van der Waals surface area (Å²) in [6.07, 6.45) is 0.512. The fourth-order valence-electron chi connectivity index (χ4n) is 5.06. The molecule has 2 aromatic carbocycles. The zero-order chi connectivity index (χ0) is 24.8. The number of esters is 1. The van der Waals surface area contributed by atoms with Crippen LogP contribution in [0.2, 0.25) is 0 Å². The third kappa shape index (κ3) is 3.59. The highest BCUT2D eigenvalue weighted by Gasteiger charge is 2.74. The average molecular weight is 513 g/mol. The van der Waals surface area contributed by atoms with Crippen LogP contribution in [0.3, 0.4) is 0 Å². The highest BCUT2D eigenvalue weighted by molar-refractivity contribution is 7.94. The van der Waals surface area contributed by atoms with Gasteiger partial charge in [-0.3, -0.25) is 4.79 Å². The minimum atomic E-state index is -4.05. The largest absolute Gasteiger partial charge is 0.451 e. The number of hydrogen-bond donors (Lipinski definition) is 1. The van der Waals surface area contributed by atoms with E-state index in [0.29, 0.717) is 16.1 Å². The molecule has 3 heterocycles. The van der Waals surface area contributed by atoms with Gasteiger partial charge in [0.1, 0.15) is 15.7 Å². The number of carbonyl (C=O) groups is 2. The van der Waals surface area contributed by atoms with Crippen LogP contribution >= 0.6 is 11.3 Å². The van der Waals surface area contributed by atoms with Crippen LogP contribution in [0.4, 0.5) is 0 Å². The van der Waals surface area contributed by atoms with E-state index in [2.05, 4.69) is 4.98 Å². The summed E-state index contributed by atoms with van der Waals surface area (Å²) >= 11 is 1.20. The van der Waals surface area contributed by atoms with E-state index in [1.165, 1.54) is 24.5 Å². The number of sulfone groups is 1. The quantitative estimate of drug-likeness (QED) is 0.382. The van der Waals surface area contributed by atoms with Crippen LogP contribution in [-0.2, 0) is 24.2 Å². The summed E-state index contributed by atoms with van der Waals surface area (Å²) in [6.45, 7) is 0.950. The van der Waals surface area contributed by atoms with Crippen molar-refractivity contribution >= 4 is 33.1 Å². The number of aromatic nitrogens is 1. The van der Waals surface area contributed by atoms with Crippen molar-refractivity contribution in [2.75, 3.05) is 6.61 Å². The van der Waals surface area contributed by atoms with Crippen molar-refractivity contribution in [1.29, 1.82) is 0 Å². The summed E-state index contributed by atoms with van der Waals surface area (Å²) in [5.41, 5.74) is 1.42. The van der Waals surface area contributed by atoms with E-state index >= 15 is 0 Å². The number of carbonyl (C=O) groups excluding carboxylic acids is 2. The van der Waals surface area contributed by atoms with Gasteiger partial charge < -0.3 is 14.7 Å². The lowest BCUT2D eigenvalue weighted by atomic mass is 9.89. The number of fused-ring (bicyclic) bond motifs is 1. The molecule has 1 aromatic heterocycles. The van der Waals surface area contributed by atoms with Gasteiger partial charge in [0, 0.05) is 18.2 Å². The van der Waals surface area contributed by atoms with Gasteiger partial charge in [-0.15, -0.1) is 11.3 Å². The van der Waals surface area contributed by atoms with Crippen molar-refractivity contribution in [3.63, 3.8) is 0 Å². The van der Waals surface area contributed by atoms with E-state index in [9.17, 15) is 23.1 Å². The van der Waals surface area contributed by atoms with Crippen LogP contribution in [-0.4, -0.2) is 58.1 Å². The molecule has 0 spiro atoms. The van der Waals surface area contributed by atoms with Gasteiger partial charge in [0.25, 0.3) is 0 Å². The molecular formula is C25H24N2O6S2. The lowest BCUT2D eigenvalue weighted by Gasteiger charge is -2.42. The van der Waals surface area contributed by atoms with Crippen LogP contribution in [0.1, 0.15) is 41.5 Å². The zero-order valence-electron chi connectivity index (χ0n) is 18.9. The van der Waals surface area contributed by atoms with Gasteiger partial charge >= 0.3 is 5.97 Å². The van der Waals surface area contributed by atoms with E-state index in [4.69, 9.17) is 4.74 Å². The van der Waals surface area contributed by atoms with Gasteiger partial charge in [-0.25, -0.2) is 18.2 Å². The van der Waals surface area contributed by atoms with E-state index in [-0.39, 0.29) is 6.42 Å². The number of aliphatic hydroxyl groups is 1. The molecule has 2 unspecified atom stereocenters. The Morgan fingerprint density at radius 3 is 2.26 bits per heavy atom. The van der Waals surface area contributed by atoms with Crippen molar-refractivity contribution in [2.45, 2.75) is 41.5 Å². The van der Waals surface area contributed by atoms with Gasteiger partial charge in [0.2, 0.25) is 5.91 Å². The SMILES string of the molecule is CC1(CCO)[C@H](C(=O)OC(c2ccccc2)c2ccccc2)N2C(=O)C(c3nccs3)[C@H]2S1(=O)=O. The van der Waals surface area contributed by atoms with Crippen LogP contribution in [0.15, 0.2) is 72.2 Å². The number of benzene rings is 2. The Kier molecular flexibility index (Phi) is 5.98. The summed E-state index contributed by atoms with van der Waals surface area (Å²) in [4.78, 5) is 32.2. The fraction of sp³-hybridized carbons (Fsp3) is 0.320. The molecule has 4 atom stereocenters. The van der Waals surface area contributed by atoms with Crippen molar-refractivity contribution in [2.24, 2.45) is 0 Å². The van der Waals surface area contributed by atoms with Crippen LogP contribution in [0.25, 0.3) is 0 Å². The third-order valence-corrected chi connectivity index (χ3v) is 10.6. The Hall–Kier alpha value is -3.08. The molecule has 35 heavy (non-hydrogen) atoms. The number of β-lactam (4-membered cyclic amide) rings is 1.